The van der Waals surface area contributed by atoms with Crippen LogP contribution >= 0.6 is 0 Å². The summed E-state index contributed by atoms with van der Waals surface area (Å²) in [5, 5.41) is 12.6. The van der Waals surface area contributed by atoms with Gasteiger partial charge in [-0.25, -0.2) is 0 Å². The average Bonchev–Trinajstić information content (AvgIpc) is 3.39. The number of ether oxygens (including phenoxy) is 10. The molecule has 0 aromatic heterocycles. The van der Waals surface area contributed by atoms with Gasteiger partial charge in [0.05, 0.1) is 59.5 Å². The molecule has 356 valence electrons. The minimum Gasteiger partial charge on any atom is -0.385 e. The van der Waals surface area contributed by atoms with Crippen LogP contribution in [0, 0.1) is 0 Å². The van der Waals surface area contributed by atoms with Crippen molar-refractivity contribution in [3.8, 4) is 0 Å². The standard InChI is InChI=1S/C57H62O11/c1-2-33-61-57-55(54(65-39-47-31-19-8-20-32-47)52(63-37-45-27-15-6-16-28-45)49(67-57)41-60-35-43-23-11-4-12-24-43)68-56-50(58)53(64-38-46-29-17-7-18-30-46)51(62-36-44-25-13-5-14-26-44)48(66-56)40-59-34-42-21-9-3-10-22-42/h2-32,48-58H,1,33-41H2/t48-,49-,50+,51-,52-,53-,54+,55+,56+,57-/m1/s1. The largest absolute Gasteiger partial charge is 0.385 e. The molecule has 11 heteroatoms. The van der Waals surface area contributed by atoms with E-state index in [1.54, 1.807) is 6.08 Å². The fourth-order valence-corrected chi connectivity index (χ4v) is 8.33. The molecule has 0 unspecified atom stereocenters. The zero-order valence-corrected chi connectivity index (χ0v) is 38.3. The quantitative estimate of drug-likeness (QED) is 0.0555. The molecule has 0 aliphatic carbocycles. The van der Waals surface area contributed by atoms with Gasteiger partial charge in [0.2, 0.25) is 0 Å². The third-order valence-electron chi connectivity index (χ3n) is 11.8. The number of aliphatic hydroxyl groups excluding tert-OH is 1. The summed E-state index contributed by atoms with van der Waals surface area (Å²) in [6.45, 7) is 5.88. The van der Waals surface area contributed by atoms with E-state index in [9.17, 15) is 5.11 Å². The number of benzene rings is 6. The highest BCUT2D eigenvalue weighted by atomic mass is 16.8. The third kappa shape index (κ3) is 14.3. The minimum absolute atomic E-state index is 0.0985. The summed E-state index contributed by atoms with van der Waals surface area (Å²) in [4.78, 5) is 0. The Balaban J connectivity index is 1.12. The topological polar surface area (TPSA) is 113 Å². The van der Waals surface area contributed by atoms with Gasteiger partial charge in [-0.1, -0.05) is 188 Å². The monoisotopic (exact) mass is 922 g/mol. The second-order valence-electron chi connectivity index (χ2n) is 16.8. The highest BCUT2D eigenvalue weighted by Gasteiger charge is 2.54. The van der Waals surface area contributed by atoms with Gasteiger partial charge in [-0.2, -0.15) is 0 Å². The molecule has 0 bridgehead atoms. The zero-order valence-electron chi connectivity index (χ0n) is 38.3. The SMILES string of the molecule is C=CCO[C@@H]1O[C@H](COCc2ccccc2)[C@@H](OCc2ccccc2)[C@H](OCc2ccccc2)[C@@H]1O[C@@H]1O[C@H](COCc2ccccc2)[C@@H](OCc2ccccc2)[C@H](OCc2ccccc2)[C@@H]1O. The Morgan fingerprint density at radius 2 is 0.706 bits per heavy atom. The fraction of sp³-hybridized carbons (Fsp3) is 0.333. The van der Waals surface area contributed by atoms with Crippen LogP contribution in [0.4, 0.5) is 0 Å². The van der Waals surface area contributed by atoms with Gasteiger partial charge in [-0.3, -0.25) is 0 Å². The van der Waals surface area contributed by atoms with Crippen LogP contribution in [-0.2, 0) is 87.0 Å². The summed E-state index contributed by atoms with van der Waals surface area (Å²) in [7, 11) is 0. The summed E-state index contributed by atoms with van der Waals surface area (Å²) in [5.41, 5.74) is 5.80. The average molecular weight is 923 g/mol. The molecule has 8 rings (SSSR count). The summed E-state index contributed by atoms with van der Waals surface area (Å²) in [5.74, 6) is 0. The highest BCUT2D eigenvalue weighted by Crippen LogP contribution is 2.36. The zero-order chi connectivity index (χ0) is 46.6. The van der Waals surface area contributed by atoms with Gasteiger partial charge in [-0.15, -0.1) is 6.58 Å². The van der Waals surface area contributed by atoms with Crippen molar-refractivity contribution >= 4 is 0 Å². The van der Waals surface area contributed by atoms with Gasteiger partial charge in [0.15, 0.2) is 12.6 Å². The maximum Gasteiger partial charge on any atom is 0.187 e. The van der Waals surface area contributed by atoms with E-state index in [0.29, 0.717) is 13.2 Å². The molecular weight excluding hydrogens is 861 g/mol. The van der Waals surface area contributed by atoms with E-state index in [4.69, 9.17) is 47.4 Å². The Hall–Kier alpha value is -5.38. The van der Waals surface area contributed by atoms with Crippen LogP contribution in [0.25, 0.3) is 0 Å². The predicted octanol–water partition coefficient (Wildman–Crippen LogP) is 9.16. The lowest BCUT2D eigenvalue weighted by molar-refractivity contribution is -0.379. The van der Waals surface area contributed by atoms with Crippen molar-refractivity contribution in [2.45, 2.75) is 101 Å². The number of aliphatic hydroxyl groups is 1. The lowest BCUT2D eigenvalue weighted by Crippen LogP contribution is -2.66. The molecule has 68 heavy (non-hydrogen) atoms. The van der Waals surface area contributed by atoms with Crippen LogP contribution in [0.1, 0.15) is 33.4 Å². The van der Waals surface area contributed by atoms with E-state index in [1.807, 2.05) is 182 Å². The van der Waals surface area contributed by atoms with E-state index < -0.39 is 61.4 Å². The van der Waals surface area contributed by atoms with Crippen LogP contribution < -0.4 is 0 Å². The molecule has 0 amide bonds. The van der Waals surface area contributed by atoms with Crippen LogP contribution in [0.5, 0.6) is 0 Å². The van der Waals surface area contributed by atoms with E-state index in [1.165, 1.54) is 0 Å². The van der Waals surface area contributed by atoms with E-state index in [2.05, 4.69) is 6.58 Å². The molecule has 0 radical (unpaired) electrons. The van der Waals surface area contributed by atoms with Crippen molar-refractivity contribution in [2.75, 3.05) is 19.8 Å². The summed E-state index contributed by atoms with van der Waals surface area (Å²) in [6, 6.07) is 59.4. The van der Waals surface area contributed by atoms with Crippen molar-refractivity contribution in [2.24, 2.45) is 0 Å². The van der Waals surface area contributed by atoms with Crippen molar-refractivity contribution in [1.82, 2.24) is 0 Å². The van der Waals surface area contributed by atoms with Crippen molar-refractivity contribution in [1.29, 1.82) is 0 Å². The molecule has 2 aliphatic rings. The smallest absolute Gasteiger partial charge is 0.187 e. The molecule has 6 aromatic rings. The summed E-state index contributed by atoms with van der Waals surface area (Å²) < 4.78 is 67.0. The van der Waals surface area contributed by atoms with Crippen molar-refractivity contribution in [3.63, 3.8) is 0 Å². The maximum absolute atomic E-state index is 12.6. The molecule has 11 nitrogen and oxygen atoms in total. The summed E-state index contributed by atoms with van der Waals surface area (Å²) in [6.07, 6.45) is -7.83. The molecule has 10 atom stereocenters. The number of hydrogen-bond donors (Lipinski definition) is 1. The first-order valence-corrected chi connectivity index (χ1v) is 23.3. The Kier molecular flexibility index (Phi) is 19.0. The van der Waals surface area contributed by atoms with E-state index in [-0.39, 0.29) is 46.2 Å². The molecule has 1 N–H and O–H groups in total. The lowest BCUT2D eigenvalue weighted by Gasteiger charge is -2.49. The van der Waals surface area contributed by atoms with Crippen LogP contribution in [-0.4, -0.2) is 86.3 Å². The van der Waals surface area contributed by atoms with E-state index >= 15 is 0 Å². The number of hydrogen-bond acceptors (Lipinski definition) is 11. The normalized spacial score (nSPS) is 24.9. The molecule has 0 saturated carbocycles. The van der Waals surface area contributed by atoms with E-state index in [0.717, 1.165) is 33.4 Å². The van der Waals surface area contributed by atoms with Crippen molar-refractivity contribution in [3.05, 3.63) is 228 Å². The van der Waals surface area contributed by atoms with Crippen LogP contribution in [0.3, 0.4) is 0 Å². The van der Waals surface area contributed by atoms with Gasteiger partial charge in [0.25, 0.3) is 0 Å². The maximum atomic E-state index is 12.6. The van der Waals surface area contributed by atoms with Gasteiger partial charge in [0.1, 0.15) is 48.8 Å². The Labute approximate surface area is 400 Å². The number of rotatable bonds is 25. The third-order valence-corrected chi connectivity index (χ3v) is 11.8. The first-order valence-electron chi connectivity index (χ1n) is 23.3. The van der Waals surface area contributed by atoms with Gasteiger partial charge in [0, 0.05) is 0 Å². The highest BCUT2D eigenvalue weighted by molar-refractivity contribution is 5.18. The predicted molar refractivity (Wildman–Crippen MR) is 257 cm³/mol. The van der Waals surface area contributed by atoms with Crippen LogP contribution in [0.15, 0.2) is 195 Å². The molecular formula is C57H62O11. The van der Waals surface area contributed by atoms with Crippen molar-refractivity contribution < 1.29 is 52.5 Å². The Morgan fingerprint density at radius 1 is 0.382 bits per heavy atom. The van der Waals surface area contributed by atoms with Gasteiger partial charge >= 0.3 is 0 Å². The second kappa shape index (κ2) is 26.4. The molecule has 2 heterocycles. The first-order chi connectivity index (χ1) is 33.6. The molecule has 2 fully saturated rings. The second-order valence-corrected chi connectivity index (χ2v) is 16.8. The molecule has 6 aromatic carbocycles. The first kappa shape index (κ1) is 49.1. The van der Waals surface area contributed by atoms with Gasteiger partial charge in [-0.05, 0) is 33.4 Å². The lowest BCUT2D eigenvalue weighted by atomic mass is 9.96. The summed E-state index contributed by atoms with van der Waals surface area (Å²) >= 11 is 0. The fourth-order valence-electron chi connectivity index (χ4n) is 8.33. The minimum atomic E-state index is -1.37. The van der Waals surface area contributed by atoms with Gasteiger partial charge < -0.3 is 52.5 Å². The Morgan fingerprint density at radius 3 is 1.09 bits per heavy atom. The molecule has 2 aliphatic heterocycles. The Bertz CT molecular complexity index is 2290. The van der Waals surface area contributed by atoms with Crippen LogP contribution in [0.2, 0.25) is 0 Å². The molecule has 2 saturated heterocycles. The molecule has 0 spiro atoms.